The molecule has 0 atom stereocenters. The van der Waals surface area contributed by atoms with E-state index in [4.69, 9.17) is 32.4 Å². The summed E-state index contributed by atoms with van der Waals surface area (Å²) in [5.41, 5.74) is 1.54. The lowest BCUT2D eigenvalue weighted by Crippen LogP contribution is -2.41. The van der Waals surface area contributed by atoms with Gasteiger partial charge in [-0.05, 0) is 42.5 Å². The largest absolute Gasteiger partial charge is 0.451 e. The van der Waals surface area contributed by atoms with Crippen molar-refractivity contribution >= 4 is 40.7 Å². The Morgan fingerprint density at radius 1 is 0.933 bits per heavy atom. The standard InChI is InChI=1S/C22H18Cl2N2O4/c23-16-6-5-14(13-17(16)24)19-7-8-20(30-19)21(27)25-18-4-2-1-3-15(18)22(28)26-9-11-29-12-10-26/h1-8,13H,9-12H2,(H,25,27). The van der Waals surface area contributed by atoms with Crippen molar-refractivity contribution in [3.05, 3.63) is 76.0 Å². The number of hydrogen-bond acceptors (Lipinski definition) is 4. The minimum atomic E-state index is -0.455. The van der Waals surface area contributed by atoms with Crippen molar-refractivity contribution in [2.75, 3.05) is 31.6 Å². The van der Waals surface area contributed by atoms with E-state index in [0.717, 1.165) is 0 Å². The molecule has 1 fully saturated rings. The number of carbonyl (C=O) groups is 2. The van der Waals surface area contributed by atoms with Crippen molar-refractivity contribution in [2.45, 2.75) is 0 Å². The fourth-order valence-electron chi connectivity index (χ4n) is 3.16. The highest BCUT2D eigenvalue weighted by Crippen LogP contribution is 2.30. The van der Waals surface area contributed by atoms with Crippen molar-refractivity contribution in [3.8, 4) is 11.3 Å². The van der Waals surface area contributed by atoms with Crippen LogP contribution in [-0.4, -0.2) is 43.0 Å². The first-order valence-electron chi connectivity index (χ1n) is 9.35. The Bertz CT molecular complexity index is 1090. The Hall–Kier alpha value is -2.80. The summed E-state index contributed by atoms with van der Waals surface area (Å²) in [6.45, 7) is 2.05. The summed E-state index contributed by atoms with van der Waals surface area (Å²) in [7, 11) is 0. The van der Waals surface area contributed by atoms with Crippen molar-refractivity contribution < 1.29 is 18.7 Å². The van der Waals surface area contributed by atoms with E-state index in [9.17, 15) is 9.59 Å². The number of anilines is 1. The monoisotopic (exact) mass is 444 g/mol. The van der Waals surface area contributed by atoms with Crippen LogP contribution in [0.1, 0.15) is 20.9 Å². The van der Waals surface area contributed by atoms with Gasteiger partial charge in [-0.2, -0.15) is 0 Å². The molecule has 0 aliphatic carbocycles. The lowest BCUT2D eigenvalue weighted by Gasteiger charge is -2.27. The van der Waals surface area contributed by atoms with E-state index in [1.165, 1.54) is 0 Å². The molecule has 30 heavy (non-hydrogen) atoms. The molecule has 1 aromatic heterocycles. The number of morpholine rings is 1. The topological polar surface area (TPSA) is 71.8 Å². The smallest absolute Gasteiger partial charge is 0.291 e. The van der Waals surface area contributed by atoms with E-state index in [0.29, 0.717) is 58.9 Å². The van der Waals surface area contributed by atoms with Crippen LogP contribution < -0.4 is 5.32 Å². The minimum absolute atomic E-state index is 0.115. The molecule has 0 bridgehead atoms. The van der Waals surface area contributed by atoms with E-state index in [2.05, 4.69) is 5.32 Å². The Morgan fingerprint density at radius 3 is 2.47 bits per heavy atom. The normalized spacial score (nSPS) is 13.9. The molecule has 0 radical (unpaired) electrons. The van der Waals surface area contributed by atoms with E-state index in [1.807, 2.05) is 0 Å². The zero-order valence-electron chi connectivity index (χ0n) is 15.9. The predicted octanol–water partition coefficient (Wildman–Crippen LogP) is 4.98. The molecule has 0 saturated carbocycles. The van der Waals surface area contributed by atoms with Crippen molar-refractivity contribution in [1.82, 2.24) is 4.90 Å². The van der Waals surface area contributed by atoms with Gasteiger partial charge in [-0.25, -0.2) is 0 Å². The zero-order valence-corrected chi connectivity index (χ0v) is 17.4. The lowest BCUT2D eigenvalue weighted by molar-refractivity contribution is 0.0303. The number of ether oxygens (including phenoxy) is 1. The molecule has 6 nitrogen and oxygen atoms in total. The summed E-state index contributed by atoms with van der Waals surface area (Å²) in [6, 6.07) is 15.2. The third-order valence-corrected chi connectivity index (χ3v) is 5.48. The van der Waals surface area contributed by atoms with Crippen LogP contribution in [0, 0.1) is 0 Å². The van der Waals surface area contributed by atoms with Crippen LogP contribution in [0.25, 0.3) is 11.3 Å². The van der Waals surface area contributed by atoms with Gasteiger partial charge < -0.3 is 19.4 Å². The average molecular weight is 445 g/mol. The molecule has 0 spiro atoms. The molecule has 2 aromatic carbocycles. The Kier molecular flexibility index (Phi) is 6.08. The summed E-state index contributed by atoms with van der Waals surface area (Å²) in [5, 5.41) is 3.61. The summed E-state index contributed by atoms with van der Waals surface area (Å²) < 4.78 is 11.0. The molecule has 3 aromatic rings. The number of rotatable bonds is 4. The maximum atomic E-state index is 12.9. The molecule has 1 aliphatic rings. The quantitative estimate of drug-likeness (QED) is 0.615. The van der Waals surface area contributed by atoms with Crippen LogP contribution in [0.2, 0.25) is 10.0 Å². The molecule has 1 saturated heterocycles. The van der Waals surface area contributed by atoms with Crippen LogP contribution >= 0.6 is 23.2 Å². The number of nitrogens with one attached hydrogen (secondary N) is 1. The van der Waals surface area contributed by atoms with E-state index >= 15 is 0 Å². The summed E-state index contributed by atoms with van der Waals surface area (Å²) in [5.74, 6) is -0.00484. The number of nitrogens with zero attached hydrogens (tertiary/aromatic N) is 1. The zero-order chi connectivity index (χ0) is 21.1. The van der Waals surface area contributed by atoms with Gasteiger partial charge in [0.2, 0.25) is 0 Å². The number of carbonyl (C=O) groups excluding carboxylic acids is 2. The number of hydrogen-bond donors (Lipinski definition) is 1. The van der Waals surface area contributed by atoms with Crippen molar-refractivity contribution in [1.29, 1.82) is 0 Å². The maximum Gasteiger partial charge on any atom is 0.291 e. The summed E-state index contributed by atoms with van der Waals surface area (Å²) in [6.07, 6.45) is 0. The van der Waals surface area contributed by atoms with E-state index in [-0.39, 0.29) is 11.7 Å². The van der Waals surface area contributed by atoms with Crippen LogP contribution in [0.15, 0.2) is 59.0 Å². The van der Waals surface area contributed by atoms with Crippen molar-refractivity contribution in [3.63, 3.8) is 0 Å². The molecule has 1 N–H and O–H groups in total. The lowest BCUT2D eigenvalue weighted by atomic mass is 10.1. The van der Waals surface area contributed by atoms with Gasteiger partial charge in [0.05, 0.1) is 34.5 Å². The molecule has 0 unspecified atom stereocenters. The minimum Gasteiger partial charge on any atom is -0.451 e. The molecule has 4 rings (SSSR count). The van der Waals surface area contributed by atoms with E-state index in [1.54, 1.807) is 59.5 Å². The first-order valence-corrected chi connectivity index (χ1v) is 10.1. The molecule has 2 heterocycles. The molecule has 8 heteroatoms. The number of para-hydroxylation sites is 1. The second kappa shape index (κ2) is 8.92. The fraction of sp³-hybridized carbons (Fsp3) is 0.182. The highest BCUT2D eigenvalue weighted by molar-refractivity contribution is 6.42. The maximum absolute atomic E-state index is 12.9. The first-order chi connectivity index (χ1) is 14.5. The summed E-state index contributed by atoms with van der Waals surface area (Å²) in [4.78, 5) is 27.3. The predicted molar refractivity (Wildman–Crippen MR) is 115 cm³/mol. The van der Waals surface area contributed by atoms with E-state index < -0.39 is 5.91 Å². The number of benzene rings is 2. The summed E-state index contributed by atoms with van der Waals surface area (Å²) >= 11 is 12.0. The molecule has 1 aliphatic heterocycles. The fourth-order valence-corrected chi connectivity index (χ4v) is 3.46. The third kappa shape index (κ3) is 4.36. The molecule has 154 valence electrons. The Morgan fingerprint density at radius 2 is 1.70 bits per heavy atom. The first kappa shape index (κ1) is 20.5. The molecular weight excluding hydrogens is 427 g/mol. The SMILES string of the molecule is O=C(Nc1ccccc1C(=O)N1CCOCC1)c1ccc(-c2ccc(Cl)c(Cl)c2)o1. The second-order valence-corrected chi connectivity index (χ2v) is 7.51. The van der Waals surface area contributed by atoms with Gasteiger partial charge in [-0.15, -0.1) is 0 Å². The van der Waals surface area contributed by atoms with Crippen LogP contribution in [0.3, 0.4) is 0 Å². The second-order valence-electron chi connectivity index (χ2n) is 6.70. The number of amides is 2. The number of furan rings is 1. The molecule has 2 amide bonds. The Labute approximate surface area is 183 Å². The van der Waals surface area contributed by atoms with Gasteiger partial charge >= 0.3 is 0 Å². The van der Waals surface area contributed by atoms with Gasteiger partial charge in [-0.1, -0.05) is 35.3 Å². The average Bonchev–Trinajstić information content (AvgIpc) is 3.27. The van der Waals surface area contributed by atoms with Crippen LogP contribution in [0.5, 0.6) is 0 Å². The van der Waals surface area contributed by atoms with Gasteiger partial charge in [0.15, 0.2) is 5.76 Å². The van der Waals surface area contributed by atoms with Crippen LogP contribution in [0.4, 0.5) is 5.69 Å². The highest BCUT2D eigenvalue weighted by atomic mass is 35.5. The van der Waals surface area contributed by atoms with Crippen molar-refractivity contribution in [2.24, 2.45) is 0 Å². The van der Waals surface area contributed by atoms with Gasteiger partial charge in [0, 0.05) is 18.7 Å². The Balaban J connectivity index is 1.53. The van der Waals surface area contributed by atoms with Gasteiger partial charge in [-0.3, -0.25) is 9.59 Å². The highest BCUT2D eigenvalue weighted by Gasteiger charge is 2.22. The number of halogens is 2. The van der Waals surface area contributed by atoms with Gasteiger partial charge in [0.25, 0.3) is 11.8 Å². The third-order valence-electron chi connectivity index (χ3n) is 4.74. The molecular formula is C22H18Cl2N2O4. The van der Waals surface area contributed by atoms with Crippen LogP contribution in [-0.2, 0) is 4.74 Å². The van der Waals surface area contributed by atoms with Gasteiger partial charge in [0.1, 0.15) is 5.76 Å².